The summed E-state index contributed by atoms with van der Waals surface area (Å²) < 4.78 is 7.08. The van der Waals surface area contributed by atoms with Crippen molar-refractivity contribution in [2.24, 2.45) is 0 Å². The number of hydrogen-bond donors (Lipinski definition) is 0. The van der Waals surface area contributed by atoms with Crippen LogP contribution in [0, 0.1) is 13.8 Å². The highest BCUT2D eigenvalue weighted by Crippen LogP contribution is 2.24. The smallest absolute Gasteiger partial charge is 0.257 e. The molecule has 0 radical (unpaired) electrons. The number of aryl methyl sites for hydroxylation is 2. The van der Waals surface area contributed by atoms with E-state index < -0.39 is 0 Å². The van der Waals surface area contributed by atoms with Crippen molar-refractivity contribution in [1.82, 2.24) is 24.8 Å². The normalized spacial score (nSPS) is 18.2. The van der Waals surface area contributed by atoms with Gasteiger partial charge in [0, 0.05) is 25.5 Å². The zero-order valence-corrected chi connectivity index (χ0v) is 13.8. The van der Waals surface area contributed by atoms with Crippen LogP contribution in [0.2, 0.25) is 0 Å². The van der Waals surface area contributed by atoms with Crippen LogP contribution >= 0.6 is 0 Å². The van der Waals surface area contributed by atoms with Crippen molar-refractivity contribution >= 4 is 17.0 Å². The molecular weight excluding hydrogens is 306 g/mol. The highest BCUT2D eigenvalue weighted by atomic mass is 16.5. The molecule has 3 aromatic rings. The molecule has 1 amide bonds. The van der Waals surface area contributed by atoms with Crippen molar-refractivity contribution in [1.29, 1.82) is 0 Å². The maximum Gasteiger partial charge on any atom is 0.257 e. The topological polar surface area (TPSA) is 77.0 Å². The van der Waals surface area contributed by atoms with Gasteiger partial charge in [-0.15, -0.1) is 0 Å². The van der Waals surface area contributed by atoms with Crippen LogP contribution in [-0.4, -0.2) is 43.8 Å². The Morgan fingerprint density at radius 3 is 3.00 bits per heavy atom. The van der Waals surface area contributed by atoms with Gasteiger partial charge in [0.1, 0.15) is 0 Å². The second kappa shape index (κ2) is 5.74. The van der Waals surface area contributed by atoms with E-state index in [2.05, 4.69) is 15.2 Å². The van der Waals surface area contributed by atoms with Gasteiger partial charge in [-0.3, -0.25) is 9.48 Å². The molecule has 3 aromatic heterocycles. The first-order valence-electron chi connectivity index (χ1n) is 8.14. The lowest BCUT2D eigenvalue weighted by atomic mass is 10.0. The summed E-state index contributed by atoms with van der Waals surface area (Å²) in [5.41, 5.74) is 2.92. The van der Waals surface area contributed by atoms with Crippen LogP contribution in [0.25, 0.3) is 11.1 Å². The van der Waals surface area contributed by atoms with E-state index in [1.165, 1.54) is 0 Å². The molecule has 124 valence electrons. The second-order valence-electron chi connectivity index (χ2n) is 6.39. The van der Waals surface area contributed by atoms with Crippen LogP contribution in [-0.2, 0) is 0 Å². The molecule has 1 atom stereocenters. The Kier molecular flexibility index (Phi) is 3.55. The fourth-order valence-electron chi connectivity index (χ4n) is 3.23. The molecule has 0 spiro atoms. The number of likely N-dealkylation sites (tertiary alicyclic amines) is 1. The number of pyridine rings is 1. The lowest BCUT2D eigenvalue weighted by Gasteiger charge is -2.32. The Hall–Kier alpha value is -2.70. The number of nitrogens with zero attached hydrogens (tertiary/aromatic N) is 5. The van der Waals surface area contributed by atoms with E-state index in [0.717, 1.165) is 36.0 Å². The third kappa shape index (κ3) is 2.55. The van der Waals surface area contributed by atoms with Crippen molar-refractivity contribution in [3.8, 4) is 0 Å². The number of piperidine rings is 1. The van der Waals surface area contributed by atoms with Gasteiger partial charge in [-0.1, -0.05) is 5.16 Å². The van der Waals surface area contributed by atoms with E-state index in [1.54, 1.807) is 6.20 Å². The van der Waals surface area contributed by atoms with Crippen LogP contribution in [0.5, 0.6) is 0 Å². The number of carbonyl (C=O) groups is 1. The van der Waals surface area contributed by atoms with E-state index in [0.29, 0.717) is 17.8 Å². The van der Waals surface area contributed by atoms with Crippen molar-refractivity contribution < 1.29 is 9.32 Å². The summed E-state index contributed by atoms with van der Waals surface area (Å²) in [6, 6.07) is 2.04. The number of rotatable bonds is 2. The maximum absolute atomic E-state index is 12.9. The lowest BCUT2D eigenvalue weighted by Crippen LogP contribution is -2.40. The zero-order valence-electron chi connectivity index (χ0n) is 13.8. The fourth-order valence-corrected chi connectivity index (χ4v) is 3.23. The molecule has 0 aliphatic carbocycles. The quantitative estimate of drug-likeness (QED) is 0.723. The van der Waals surface area contributed by atoms with Gasteiger partial charge >= 0.3 is 0 Å². The first-order chi connectivity index (χ1) is 11.6. The van der Waals surface area contributed by atoms with Crippen LogP contribution in [0.1, 0.15) is 40.5 Å². The van der Waals surface area contributed by atoms with E-state index >= 15 is 0 Å². The number of aromatic nitrogens is 4. The number of carbonyl (C=O) groups excluding carboxylic acids is 1. The zero-order chi connectivity index (χ0) is 16.7. The highest BCUT2D eigenvalue weighted by Gasteiger charge is 2.26. The molecule has 1 unspecified atom stereocenters. The molecule has 1 aliphatic heterocycles. The van der Waals surface area contributed by atoms with Gasteiger partial charge in [0.15, 0.2) is 0 Å². The summed E-state index contributed by atoms with van der Waals surface area (Å²) in [5, 5.41) is 9.07. The molecule has 7 heteroatoms. The van der Waals surface area contributed by atoms with E-state index in [-0.39, 0.29) is 11.9 Å². The molecular formula is C17H19N5O2. The summed E-state index contributed by atoms with van der Waals surface area (Å²) in [5.74, 6) is -0.00132. The number of fused-ring (bicyclic) bond motifs is 1. The predicted octanol–water partition coefficient (Wildman–Crippen LogP) is 2.51. The average molecular weight is 325 g/mol. The van der Waals surface area contributed by atoms with Crippen LogP contribution in [0.15, 0.2) is 29.2 Å². The van der Waals surface area contributed by atoms with Gasteiger partial charge in [0.25, 0.3) is 11.6 Å². The Morgan fingerprint density at radius 1 is 1.33 bits per heavy atom. The largest absolute Gasteiger partial charge is 0.336 e. The van der Waals surface area contributed by atoms with Crippen molar-refractivity contribution in [2.75, 3.05) is 13.1 Å². The minimum atomic E-state index is -0.00132. The molecule has 1 aliphatic rings. The molecule has 1 saturated heterocycles. The average Bonchev–Trinajstić information content (AvgIpc) is 3.20. The molecule has 0 bridgehead atoms. The van der Waals surface area contributed by atoms with Gasteiger partial charge in [-0.05, 0) is 38.3 Å². The summed E-state index contributed by atoms with van der Waals surface area (Å²) in [6.07, 6.45) is 7.46. The van der Waals surface area contributed by atoms with Crippen LogP contribution < -0.4 is 0 Å². The second-order valence-corrected chi connectivity index (χ2v) is 6.39. The van der Waals surface area contributed by atoms with Gasteiger partial charge in [0.2, 0.25) is 0 Å². The molecule has 0 aromatic carbocycles. The molecule has 4 heterocycles. The summed E-state index contributed by atoms with van der Waals surface area (Å²) in [6.45, 7) is 5.30. The van der Waals surface area contributed by atoms with Crippen LogP contribution in [0.4, 0.5) is 0 Å². The van der Waals surface area contributed by atoms with Gasteiger partial charge < -0.3 is 9.42 Å². The highest BCUT2D eigenvalue weighted by molar-refractivity contribution is 5.97. The summed E-state index contributed by atoms with van der Waals surface area (Å²) in [4.78, 5) is 19.0. The van der Waals surface area contributed by atoms with Gasteiger partial charge in [-0.25, -0.2) is 4.98 Å². The minimum Gasteiger partial charge on any atom is -0.336 e. The number of amides is 1. The first kappa shape index (κ1) is 14.9. The molecule has 7 nitrogen and oxygen atoms in total. The Bertz CT molecular complexity index is 897. The monoisotopic (exact) mass is 325 g/mol. The third-order valence-corrected chi connectivity index (χ3v) is 4.55. The van der Waals surface area contributed by atoms with Gasteiger partial charge in [0.05, 0.1) is 28.9 Å². The van der Waals surface area contributed by atoms with E-state index in [4.69, 9.17) is 4.52 Å². The third-order valence-electron chi connectivity index (χ3n) is 4.55. The van der Waals surface area contributed by atoms with Crippen molar-refractivity contribution in [3.63, 3.8) is 0 Å². The Morgan fingerprint density at radius 2 is 2.21 bits per heavy atom. The molecule has 0 saturated carbocycles. The SMILES string of the molecule is Cc1cnn(C2CCCN(C(=O)c3cnc4onc(C)c4c3)C2)c1. The Labute approximate surface area is 139 Å². The van der Waals surface area contributed by atoms with E-state index in [1.807, 2.05) is 41.9 Å². The lowest BCUT2D eigenvalue weighted by molar-refractivity contribution is 0.0672. The Balaban J connectivity index is 1.57. The fraction of sp³-hybridized carbons (Fsp3) is 0.412. The van der Waals surface area contributed by atoms with Gasteiger partial charge in [-0.2, -0.15) is 5.10 Å². The minimum absolute atomic E-state index is 0.00132. The van der Waals surface area contributed by atoms with Crippen LogP contribution in [0.3, 0.4) is 0 Å². The summed E-state index contributed by atoms with van der Waals surface area (Å²) >= 11 is 0. The first-order valence-corrected chi connectivity index (χ1v) is 8.14. The molecule has 24 heavy (non-hydrogen) atoms. The molecule has 0 N–H and O–H groups in total. The standard InChI is InChI=1S/C17H19N5O2/c1-11-7-19-22(9-11)14-4-3-5-21(10-14)17(23)13-6-15-12(2)20-24-16(15)18-8-13/h6-9,14H,3-5,10H2,1-2H3. The summed E-state index contributed by atoms with van der Waals surface area (Å²) in [7, 11) is 0. The van der Waals surface area contributed by atoms with E-state index in [9.17, 15) is 4.79 Å². The molecule has 1 fully saturated rings. The van der Waals surface area contributed by atoms with Crippen molar-refractivity contribution in [2.45, 2.75) is 32.7 Å². The van der Waals surface area contributed by atoms with Crippen molar-refractivity contribution in [3.05, 3.63) is 41.5 Å². The predicted molar refractivity (Wildman–Crippen MR) is 87.7 cm³/mol. The molecule has 4 rings (SSSR count). The number of hydrogen-bond acceptors (Lipinski definition) is 5. The maximum atomic E-state index is 12.9.